The molecule has 0 aliphatic rings. The maximum Gasteiger partial charge on any atom is 0.262 e. The van der Waals surface area contributed by atoms with Gasteiger partial charge in [0.1, 0.15) is 5.82 Å². The molecule has 0 atom stereocenters. The minimum absolute atomic E-state index is 0.144. The number of sulfonamides is 1. The number of rotatable bonds is 8. The van der Waals surface area contributed by atoms with Gasteiger partial charge < -0.3 is 9.84 Å². The van der Waals surface area contributed by atoms with Crippen molar-refractivity contribution in [2.75, 3.05) is 11.3 Å². The quantitative estimate of drug-likeness (QED) is 0.544. The van der Waals surface area contributed by atoms with Crippen LogP contribution in [0, 0.1) is 12.7 Å². The first kappa shape index (κ1) is 20.5. The maximum absolute atomic E-state index is 13.7. The minimum Gasteiger partial charge on any atom is -0.352 e. The average Bonchev–Trinajstić information content (AvgIpc) is 3.12. The summed E-state index contributed by atoms with van der Waals surface area (Å²) in [6.07, 6.45) is 1.10. The van der Waals surface area contributed by atoms with E-state index in [0.29, 0.717) is 31.1 Å². The molecule has 152 valence electrons. The molecule has 0 aliphatic carbocycles. The molecule has 1 amide bonds. The predicted octanol–water partition coefficient (Wildman–Crippen LogP) is 2.68. The number of nitrogens with one attached hydrogen (secondary N) is 2. The molecule has 0 unspecified atom stereocenters. The molecule has 0 spiro atoms. The van der Waals surface area contributed by atoms with Gasteiger partial charge in [-0.3, -0.25) is 9.52 Å². The van der Waals surface area contributed by atoms with E-state index >= 15 is 0 Å². The second kappa shape index (κ2) is 8.82. The van der Waals surface area contributed by atoms with Crippen molar-refractivity contribution >= 4 is 21.6 Å². The van der Waals surface area contributed by atoms with Crippen molar-refractivity contribution in [1.82, 2.24) is 15.5 Å². The lowest BCUT2D eigenvalue weighted by Crippen LogP contribution is -2.25. The SMILES string of the molecule is Cc1noc(CCCNC(=O)c2cccc(S(=O)(=O)Nc3ccccc3F)c2)n1. The van der Waals surface area contributed by atoms with Gasteiger partial charge in [0, 0.05) is 18.5 Å². The number of halogens is 1. The molecule has 0 radical (unpaired) electrons. The van der Waals surface area contributed by atoms with Crippen molar-refractivity contribution in [3.8, 4) is 0 Å². The molecule has 1 heterocycles. The number of benzene rings is 2. The molecule has 3 aromatic rings. The van der Waals surface area contributed by atoms with Gasteiger partial charge in [0.05, 0.1) is 10.6 Å². The van der Waals surface area contributed by atoms with E-state index in [2.05, 4.69) is 20.2 Å². The van der Waals surface area contributed by atoms with Crippen LogP contribution in [0.5, 0.6) is 0 Å². The molecule has 0 saturated heterocycles. The molecule has 8 nitrogen and oxygen atoms in total. The molecule has 3 rings (SSSR count). The molecule has 1 aromatic heterocycles. The number of carbonyl (C=O) groups is 1. The van der Waals surface area contributed by atoms with Crippen LogP contribution in [0.4, 0.5) is 10.1 Å². The number of hydrogen-bond acceptors (Lipinski definition) is 6. The summed E-state index contributed by atoms with van der Waals surface area (Å²) in [6.45, 7) is 2.07. The van der Waals surface area contributed by atoms with Crippen LogP contribution in [0.15, 0.2) is 57.9 Å². The van der Waals surface area contributed by atoms with E-state index in [4.69, 9.17) is 4.52 Å². The Morgan fingerprint density at radius 3 is 2.69 bits per heavy atom. The lowest BCUT2D eigenvalue weighted by atomic mass is 10.2. The van der Waals surface area contributed by atoms with Gasteiger partial charge in [0.2, 0.25) is 5.89 Å². The highest BCUT2D eigenvalue weighted by molar-refractivity contribution is 7.92. The van der Waals surface area contributed by atoms with Gasteiger partial charge in [-0.15, -0.1) is 0 Å². The molecule has 0 fully saturated rings. The first-order valence-corrected chi connectivity index (χ1v) is 10.3. The van der Waals surface area contributed by atoms with Crippen molar-refractivity contribution in [3.05, 3.63) is 71.6 Å². The molecule has 0 saturated carbocycles. The van der Waals surface area contributed by atoms with Crippen molar-refractivity contribution in [3.63, 3.8) is 0 Å². The summed E-state index contributed by atoms with van der Waals surface area (Å²) in [7, 11) is -4.05. The third kappa shape index (κ3) is 5.38. The van der Waals surface area contributed by atoms with Gasteiger partial charge in [-0.1, -0.05) is 23.4 Å². The highest BCUT2D eigenvalue weighted by atomic mass is 32.2. The monoisotopic (exact) mass is 418 g/mol. The van der Waals surface area contributed by atoms with E-state index in [9.17, 15) is 17.6 Å². The Bertz CT molecular complexity index is 1110. The number of para-hydroxylation sites is 1. The van der Waals surface area contributed by atoms with Gasteiger partial charge in [-0.05, 0) is 43.7 Å². The fourth-order valence-electron chi connectivity index (χ4n) is 2.54. The Labute approximate surface area is 167 Å². The number of hydrogen-bond donors (Lipinski definition) is 2. The van der Waals surface area contributed by atoms with Crippen LogP contribution in [0.2, 0.25) is 0 Å². The van der Waals surface area contributed by atoms with E-state index in [1.807, 2.05) is 0 Å². The molecule has 2 N–H and O–H groups in total. The number of aromatic nitrogens is 2. The number of nitrogens with zero attached hydrogens (tertiary/aromatic N) is 2. The summed E-state index contributed by atoms with van der Waals surface area (Å²) in [6, 6.07) is 11.0. The Morgan fingerprint density at radius 1 is 1.17 bits per heavy atom. The zero-order chi connectivity index (χ0) is 20.9. The van der Waals surface area contributed by atoms with Gasteiger partial charge >= 0.3 is 0 Å². The van der Waals surface area contributed by atoms with Crippen molar-refractivity contribution in [2.24, 2.45) is 0 Å². The van der Waals surface area contributed by atoms with Crippen LogP contribution >= 0.6 is 0 Å². The van der Waals surface area contributed by atoms with Crippen molar-refractivity contribution < 1.29 is 22.1 Å². The summed E-state index contributed by atoms with van der Waals surface area (Å²) >= 11 is 0. The van der Waals surface area contributed by atoms with E-state index in [-0.39, 0.29) is 16.1 Å². The van der Waals surface area contributed by atoms with Gasteiger partial charge in [-0.2, -0.15) is 4.98 Å². The highest BCUT2D eigenvalue weighted by Crippen LogP contribution is 2.19. The van der Waals surface area contributed by atoms with Crippen LogP contribution in [-0.2, 0) is 16.4 Å². The highest BCUT2D eigenvalue weighted by Gasteiger charge is 2.18. The Balaban J connectivity index is 1.62. The maximum atomic E-state index is 13.7. The Morgan fingerprint density at radius 2 is 1.97 bits per heavy atom. The Hall–Kier alpha value is -3.27. The van der Waals surface area contributed by atoms with E-state index in [0.717, 1.165) is 6.07 Å². The largest absolute Gasteiger partial charge is 0.352 e. The number of carbonyl (C=O) groups excluding carboxylic acids is 1. The molecule has 0 aliphatic heterocycles. The molecule has 10 heteroatoms. The van der Waals surface area contributed by atoms with Gasteiger partial charge in [-0.25, -0.2) is 12.8 Å². The summed E-state index contributed by atoms with van der Waals surface area (Å²) < 4.78 is 45.9. The van der Waals surface area contributed by atoms with Gasteiger partial charge in [0.25, 0.3) is 15.9 Å². The fourth-order valence-corrected chi connectivity index (χ4v) is 3.65. The lowest BCUT2D eigenvalue weighted by molar-refractivity contribution is 0.0952. The first-order valence-electron chi connectivity index (χ1n) is 8.80. The summed E-state index contributed by atoms with van der Waals surface area (Å²) in [5.74, 6) is -0.0776. The normalized spacial score (nSPS) is 11.2. The Kier molecular flexibility index (Phi) is 6.23. The molecule has 2 aromatic carbocycles. The lowest BCUT2D eigenvalue weighted by Gasteiger charge is -2.10. The van der Waals surface area contributed by atoms with Crippen molar-refractivity contribution in [1.29, 1.82) is 0 Å². The third-order valence-corrected chi connectivity index (χ3v) is 5.31. The summed E-state index contributed by atoms with van der Waals surface area (Å²) in [5, 5.41) is 6.40. The molecule has 29 heavy (non-hydrogen) atoms. The molecule has 0 bridgehead atoms. The van der Waals surface area contributed by atoms with E-state index < -0.39 is 21.7 Å². The number of amides is 1. The predicted molar refractivity (Wildman–Crippen MR) is 103 cm³/mol. The van der Waals surface area contributed by atoms with Crippen LogP contribution in [0.3, 0.4) is 0 Å². The van der Waals surface area contributed by atoms with Gasteiger partial charge in [0.15, 0.2) is 5.82 Å². The van der Waals surface area contributed by atoms with E-state index in [1.165, 1.54) is 42.5 Å². The number of aryl methyl sites for hydroxylation is 2. The van der Waals surface area contributed by atoms with Crippen LogP contribution in [0.25, 0.3) is 0 Å². The minimum atomic E-state index is -4.05. The zero-order valence-corrected chi connectivity index (χ0v) is 16.4. The zero-order valence-electron chi connectivity index (χ0n) is 15.6. The van der Waals surface area contributed by atoms with E-state index in [1.54, 1.807) is 6.92 Å². The van der Waals surface area contributed by atoms with Crippen LogP contribution < -0.4 is 10.0 Å². The smallest absolute Gasteiger partial charge is 0.262 e. The second-order valence-electron chi connectivity index (χ2n) is 6.21. The van der Waals surface area contributed by atoms with Crippen molar-refractivity contribution in [2.45, 2.75) is 24.7 Å². The summed E-state index contributed by atoms with van der Waals surface area (Å²) in [5.41, 5.74) is 0.00802. The van der Waals surface area contributed by atoms with Crippen LogP contribution in [0.1, 0.15) is 28.5 Å². The third-order valence-electron chi connectivity index (χ3n) is 3.95. The van der Waals surface area contributed by atoms with Crippen LogP contribution in [-0.4, -0.2) is 31.0 Å². The average molecular weight is 418 g/mol. The standard InChI is InChI=1S/C19H19FN4O4S/c1-13-22-18(28-23-13)10-5-11-21-19(25)14-6-4-7-15(12-14)29(26,27)24-17-9-3-2-8-16(17)20/h2-4,6-9,12,24H,5,10-11H2,1H3,(H,21,25). The molecular weight excluding hydrogens is 399 g/mol. The molecular formula is C19H19FN4O4S. The topological polar surface area (TPSA) is 114 Å². The first-order chi connectivity index (χ1) is 13.8. The fraction of sp³-hybridized carbons (Fsp3) is 0.211. The number of anilines is 1. The summed E-state index contributed by atoms with van der Waals surface area (Å²) in [4.78, 5) is 16.2. The second-order valence-corrected chi connectivity index (χ2v) is 7.89.